The molecule has 1 aromatic rings. The van der Waals surface area contributed by atoms with Crippen molar-refractivity contribution in [3.8, 4) is 12.1 Å². The van der Waals surface area contributed by atoms with Crippen molar-refractivity contribution in [1.82, 2.24) is 4.98 Å². The monoisotopic (exact) mass is 189 g/mol. The minimum Gasteiger partial charge on any atom is -0.225 e. The molecular formula is C9H7N3S. The molecule has 0 saturated heterocycles. The Hall–Kier alpha value is -1.52. The van der Waals surface area contributed by atoms with Crippen LogP contribution in [-0.2, 0) is 0 Å². The van der Waals surface area contributed by atoms with E-state index < -0.39 is 0 Å². The highest BCUT2D eigenvalue weighted by atomic mass is 32.2. The second-order valence-electron chi connectivity index (χ2n) is 2.20. The molecule has 13 heavy (non-hydrogen) atoms. The Labute approximate surface area is 81.0 Å². The average Bonchev–Trinajstić information content (AvgIpc) is 2.19. The summed E-state index contributed by atoms with van der Waals surface area (Å²) in [5, 5.41) is 17.3. The Kier molecular flexibility index (Phi) is 3.31. The van der Waals surface area contributed by atoms with Gasteiger partial charge in [0, 0.05) is 4.90 Å². The summed E-state index contributed by atoms with van der Waals surface area (Å²) in [5.41, 5.74) is 0.628. The van der Waals surface area contributed by atoms with Gasteiger partial charge in [-0.3, -0.25) is 0 Å². The van der Waals surface area contributed by atoms with E-state index in [0.29, 0.717) is 5.69 Å². The predicted octanol–water partition coefficient (Wildman–Crippen LogP) is 1.94. The van der Waals surface area contributed by atoms with E-state index in [-0.39, 0.29) is 5.69 Å². The first-order valence-corrected chi connectivity index (χ1v) is 4.74. The fraction of sp³-hybridized carbons (Fsp3) is 0.222. The zero-order chi connectivity index (χ0) is 9.68. The number of hydrogen-bond donors (Lipinski definition) is 0. The summed E-state index contributed by atoms with van der Waals surface area (Å²) in [6.45, 7) is 2.00. The predicted molar refractivity (Wildman–Crippen MR) is 50.1 cm³/mol. The Morgan fingerprint density at radius 1 is 1.38 bits per heavy atom. The maximum absolute atomic E-state index is 8.73. The van der Waals surface area contributed by atoms with E-state index >= 15 is 0 Å². The van der Waals surface area contributed by atoms with Gasteiger partial charge in [-0.05, 0) is 17.9 Å². The molecule has 0 amide bonds. The van der Waals surface area contributed by atoms with Crippen LogP contribution in [0.5, 0.6) is 0 Å². The third kappa shape index (κ3) is 2.21. The third-order valence-corrected chi connectivity index (χ3v) is 2.31. The van der Waals surface area contributed by atoms with E-state index in [0.717, 1.165) is 10.6 Å². The molecule has 0 aliphatic heterocycles. The number of nitrogens with zero attached hydrogens (tertiary/aromatic N) is 3. The molecule has 4 heteroatoms. The van der Waals surface area contributed by atoms with Crippen LogP contribution in [0.3, 0.4) is 0 Å². The van der Waals surface area contributed by atoms with Crippen LogP contribution in [0, 0.1) is 22.7 Å². The summed E-state index contributed by atoms with van der Waals surface area (Å²) in [5.74, 6) is 0.891. The second-order valence-corrected chi connectivity index (χ2v) is 3.51. The van der Waals surface area contributed by atoms with Gasteiger partial charge in [0.1, 0.15) is 17.8 Å². The van der Waals surface area contributed by atoms with Crippen molar-refractivity contribution < 1.29 is 0 Å². The van der Waals surface area contributed by atoms with Crippen molar-refractivity contribution in [3.05, 3.63) is 23.5 Å². The van der Waals surface area contributed by atoms with Crippen LogP contribution in [-0.4, -0.2) is 10.7 Å². The van der Waals surface area contributed by atoms with E-state index in [9.17, 15) is 0 Å². The van der Waals surface area contributed by atoms with Gasteiger partial charge in [0.05, 0.1) is 0 Å². The van der Waals surface area contributed by atoms with Crippen LogP contribution >= 0.6 is 11.8 Å². The zero-order valence-electron chi connectivity index (χ0n) is 7.11. The summed E-state index contributed by atoms with van der Waals surface area (Å²) in [6, 6.07) is 7.26. The standard InChI is InChI=1S/C9H7N3S/c1-2-13-9-4-3-7(5-10)12-8(9)6-11/h3-4H,2H2,1H3. The molecule has 0 aliphatic carbocycles. The maximum atomic E-state index is 8.73. The van der Waals surface area contributed by atoms with Crippen LogP contribution in [0.15, 0.2) is 17.0 Å². The van der Waals surface area contributed by atoms with Crippen LogP contribution in [0.25, 0.3) is 0 Å². The number of thioether (sulfide) groups is 1. The fourth-order valence-electron chi connectivity index (χ4n) is 0.861. The van der Waals surface area contributed by atoms with Gasteiger partial charge in [0.25, 0.3) is 0 Å². The van der Waals surface area contributed by atoms with Gasteiger partial charge in [-0.1, -0.05) is 6.92 Å². The molecule has 0 aromatic carbocycles. The summed E-state index contributed by atoms with van der Waals surface area (Å²) < 4.78 is 0. The lowest BCUT2D eigenvalue weighted by Crippen LogP contribution is -1.90. The topological polar surface area (TPSA) is 60.5 Å². The zero-order valence-corrected chi connectivity index (χ0v) is 7.93. The third-order valence-electron chi connectivity index (χ3n) is 1.38. The number of rotatable bonds is 2. The van der Waals surface area contributed by atoms with Gasteiger partial charge < -0.3 is 0 Å². The van der Waals surface area contributed by atoms with Gasteiger partial charge in [-0.15, -0.1) is 11.8 Å². The largest absolute Gasteiger partial charge is 0.225 e. The minimum absolute atomic E-state index is 0.289. The van der Waals surface area contributed by atoms with E-state index in [1.807, 2.05) is 19.1 Å². The van der Waals surface area contributed by atoms with E-state index in [2.05, 4.69) is 4.98 Å². The summed E-state index contributed by atoms with van der Waals surface area (Å²) >= 11 is 1.55. The number of aromatic nitrogens is 1. The molecule has 1 aromatic heterocycles. The molecule has 1 heterocycles. The Bertz CT molecular complexity index is 387. The van der Waals surface area contributed by atoms with Crippen molar-refractivity contribution in [3.63, 3.8) is 0 Å². The molecule has 0 fully saturated rings. The first kappa shape index (κ1) is 9.57. The van der Waals surface area contributed by atoms with Crippen molar-refractivity contribution >= 4 is 11.8 Å². The van der Waals surface area contributed by atoms with Gasteiger partial charge in [0.15, 0.2) is 5.69 Å². The molecule has 3 nitrogen and oxygen atoms in total. The van der Waals surface area contributed by atoms with Crippen LogP contribution < -0.4 is 0 Å². The minimum atomic E-state index is 0.289. The van der Waals surface area contributed by atoms with Gasteiger partial charge >= 0.3 is 0 Å². The quantitative estimate of drug-likeness (QED) is 0.667. The molecule has 0 spiro atoms. The molecule has 0 saturated carbocycles. The molecule has 0 aliphatic rings. The molecule has 1 rings (SSSR count). The molecule has 0 radical (unpaired) electrons. The van der Waals surface area contributed by atoms with Crippen molar-refractivity contribution in [2.24, 2.45) is 0 Å². The second kappa shape index (κ2) is 4.49. The Morgan fingerprint density at radius 3 is 2.69 bits per heavy atom. The van der Waals surface area contributed by atoms with Crippen molar-refractivity contribution in [2.75, 3.05) is 5.75 Å². The molecule has 0 atom stereocenters. The first-order chi connectivity index (χ1) is 6.31. The van der Waals surface area contributed by atoms with Crippen molar-refractivity contribution in [1.29, 1.82) is 10.5 Å². The van der Waals surface area contributed by atoms with E-state index in [1.54, 1.807) is 23.9 Å². The van der Waals surface area contributed by atoms with Gasteiger partial charge in [-0.25, -0.2) is 4.98 Å². The summed E-state index contributed by atoms with van der Waals surface area (Å²) in [6.07, 6.45) is 0. The SMILES string of the molecule is CCSc1ccc(C#N)nc1C#N. The number of pyridine rings is 1. The highest BCUT2D eigenvalue weighted by Gasteiger charge is 2.04. The average molecular weight is 189 g/mol. The normalized spacial score (nSPS) is 8.85. The fourth-order valence-corrected chi connectivity index (χ4v) is 1.56. The molecular weight excluding hydrogens is 182 g/mol. The lowest BCUT2D eigenvalue weighted by atomic mass is 10.3. The molecule has 0 bridgehead atoms. The van der Waals surface area contributed by atoms with Gasteiger partial charge in [0.2, 0.25) is 0 Å². The van der Waals surface area contributed by atoms with Crippen LogP contribution in [0.2, 0.25) is 0 Å². The first-order valence-electron chi connectivity index (χ1n) is 3.76. The van der Waals surface area contributed by atoms with Crippen molar-refractivity contribution in [2.45, 2.75) is 11.8 Å². The highest BCUT2D eigenvalue weighted by molar-refractivity contribution is 7.99. The Balaban J connectivity index is 3.12. The van der Waals surface area contributed by atoms with Crippen LogP contribution in [0.1, 0.15) is 18.3 Å². The van der Waals surface area contributed by atoms with Crippen LogP contribution in [0.4, 0.5) is 0 Å². The smallest absolute Gasteiger partial charge is 0.155 e. The highest BCUT2D eigenvalue weighted by Crippen LogP contribution is 2.20. The summed E-state index contributed by atoms with van der Waals surface area (Å²) in [7, 11) is 0. The Morgan fingerprint density at radius 2 is 2.15 bits per heavy atom. The lowest BCUT2D eigenvalue weighted by molar-refractivity contribution is 1.15. The molecule has 0 N–H and O–H groups in total. The molecule has 64 valence electrons. The number of nitriles is 2. The van der Waals surface area contributed by atoms with E-state index in [1.165, 1.54) is 0 Å². The molecule has 0 unspecified atom stereocenters. The van der Waals surface area contributed by atoms with Gasteiger partial charge in [-0.2, -0.15) is 10.5 Å². The van der Waals surface area contributed by atoms with E-state index in [4.69, 9.17) is 10.5 Å². The maximum Gasteiger partial charge on any atom is 0.155 e. The lowest BCUT2D eigenvalue weighted by Gasteiger charge is -1.99. The summed E-state index contributed by atoms with van der Waals surface area (Å²) in [4.78, 5) is 4.72. The number of hydrogen-bond acceptors (Lipinski definition) is 4.